The summed E-state index contributed by atoms with van der Waals surface area (Å²) < 4.78 is 2.64. The van der Waals surface area contributed by atoms with Crippen molar-refractivity contribution in [2.24, 2.45) is 0 Å². The molecule has 50 heavy (non-hydrogen) atoms. The van der Waals surface area contributed by atoms with E-state index >= 15 is 0 Å². The molecule has 0 N–H and O–H groups in total. The summed E-state index contributed by atoms with van der Waals surface area (Å²) in [6.07, 6.45) is 0. The van der Waals surface area contributed by atoms with Gasteiger partial charge in [0, 0.05) is 37.2 Å². The number of anilines is 3. The van der Waals surface area contributed by atoms with E-state index in [1.807, 2.05) is 11.3 Å². The average molecular weight is 654 g/mol. The van der Waals surface area contributed by atoms with Gasteiger partial charge < -0.3 is 4.90 Å². The van der Waals surface area contributed by atoms with Gasteiger partial charge >= 0.3 is 0 Å². The molecule has 0 spiro atoms. The molecule has 0 unspecified atom stereocenters. The van der Waals surface area contributed by atoms with Crippen LogP contribution in [0.2, 0.25) is 0 Å². The van der Waals surface area contributed by atoms with Crippen molar-refractivity contribution in [2.75, 3.05) is 4.90 Å². The third kappa shape index (κ3) is 4.76. The molecule has 10 rings (SSSR count). The van der Waals surface area contributed by atoms with Gasteiger partial charge in [0.1, 0.15) is 0 Å². The lowest BCUT2D eigenvalue weighted by molar-refractivity contribution is 1.29. The second kappa shape index (κ2) is 11.7. The first-order valence-electron chi connectivity index (χ1n) is 17.1. The fourth-order valence-corrected chi connectivity index (χ4v) is 8.78. The highest BCUT2D eigenvalue weighted by molar-refractivity contribution is 7.26. The van der Waals surface area contributed by atoms with Crippen LogP contribution in [-0.2, 0) is 0 Å². The highest BCUT2D eigenvalue weighted by Gasteiger charge is 2.17. The van der Waals surface area contributed by atoms with Crippen LogP contribution in [0.5, 0.6) is 0 Å². The Labute approximate surface area is 294 Å². The van der Waals surface area contributed by atoms with E-state index in [0.717, 1.165) is 17.1 Å². The first-order valence-corrected chi connectivity index (χ1v) is 17.9. The summed E-state index contributed by atoms with van der Waals surface area (Å²) in [5.41, 5.74) is 8.23. The van der Waals surface area contributed by atoms with E-state index in [4.69, 9.17) is 0 Å². The van der Waals surface area contributed by atoms with Gasteiger partial charge in [-0.15, -0.1) is 11.3 Å². The largest absolute Gasteiger partial charge is 0.310 e. The molecule has 1 nitrogen and oxygen atoms in total. The van der Waals surface area contributed by atoms with E-state index in [9.17, 15) is 0 Å². The van der Waals surface area contributed by atoms with Crippen molar-refractivity contribution in [1.82, 2.24) is 0 Å². The first kappa shape index (κ1) is 28.8. The molecule has 0 fully saturated rings. The Morgan fingerprint density at radius 1 is 0.320 bits per heavy atom. The lowest BCUT2D eigenvalue weighted by atomic mass is 9.93. The van der Waals surface area contributed by atoms with Crippen molar-refractivity contribution in [2.45, 2.75) is 0 Å². The molecule has 9 aromatic carbocycles. The van der Waals surface area contributed by atoms with Crippen molar-refractivity contribution in [3.8, 4) is 22.3 Å². The van der Waals surface area contributed by atoms with E-state index in [1.165, 1.54) is 74.7 Å². The molecule has 0 radical (unpaired) electrons. The summed E-state index contributed by atoms with van der Waals surface area (Å²) in [6, 6.07) is 68.7. The SMILES string of the molecule is c1ccc(-c2cccc(N(c3ccc(-c4cc5ccccc5c5ccccc45)cc3)c3ccc4ccc5sc6ccccc6c5c4c3)c2)cc1. The standard InChI is InChI=1S/C48H31NS/c1-2-11-32(12-3-1)35-14-10-15-38(29-35)49(39-27-23-34-24-28-47-48(45(34)31-39)43-19-8-9-20-46(43)50-47)37-25-21-33(22-26-37)44-30-36-13-4-5-16-40(36)41-17-6-7-18-42(41)44/h1-31H. The van der Waals surface area contributed by atoms with E-state index in [0.29, 0.717) is 0 Å². The van der Waals surface area contributed by atoms with E-state index in [2.05, 4.69) is 193 Å². The summed E-state index contributed by atoms with van der Waals surface area (Å²) >= 11 is 1.87. The van der Waals surface area contributed by atoms with Crippen LogP contribution in [0.3, 0.4) is 0 Å². The summed E-state index contributed by atoms with van der Waals surface area (Å²) in [7, 11) is 0. The van der Waals surface area contributed by atoms with Crippen LogP contribution in [0.4, 0.5) is 17.1 Å². The summed E-state index contributed by atoms with van der Waals surface area (Å²) in [4.78, 5) is 2.40. The number of nitrogens with zero attached hydrogens (tertiary/aromatic N) is 1. The van der Waals surface area contributed by atoms with Gasteiger partial charge in [0.25, 0.3) is 0 Å². The normalized spacial score (nSPS) is 11.6. The first-order chi connectivity index (χ1) is 24.8. The molecule has 0 saturated heterocycles. The van der Waals surface area contributed by atoms with Crippen LogP contribution in [0, 0.1) is 0 Å². The Kier molecular flexibility index (Phi) is 6.75. The molecule has 0 atom stereocenters. The van der Waals surface area contributed by atoms with E-state index < -0.39 is 0 Å². The molecule has 0 saturated carbocycles. The van der Waals surface area contributed by atoms with E-state index in [-0.39, 0.29) is 0 Å². The van der Waals surface area contributed by atoms with Gasteiger partial charge in [-0.05, 0) is 109 Å². The fraction of sp³-hybridized carbons (Fsp3) is 0. The lowest BCUT2D eigenvalue weighted by Crippen LogP contribution is -2.10. The molecule has 0 aliphatic carbocycles. The molecule has 0 amide bonds. The van der Waals surface area contributed by atoms with Gasteiger partial charge in [-0.2, -0.15) is 0 Å². The molecule has 1 aromatic heterocycles. The van der Waals surface area contributed by atoms with Gasteiger partial charge in [-0.1, -0.05) is 133 Å². The number of hydrogen-bond acceptors (Lipinski definition) is 2. The number of hydrogen-bond donors (Lipinski definition) is 0. The fourth-order valence-electron chi connectivity index (χ4n) is 7.66. The van der Waals surface area contributed by atoms with Gasteiger partial charge in [-0.25, -0.2) is 0 Å². The maximum Gasteiger partial charge on any atom is 0.0468 e. The smallest absolute Gasteiger partial charge is 0.0468 e. The Hall–Kier alpha value is -6.22. The Balaban J connectivity index is 1.16. The van der Waals surface area contributed by atoms with Crippen LogP contribution >= 0.6 is 11.3 Å². The minimum atomic E-state index is 1.12. The minimum absolute atomic E-state index is 1.12. The third-order valence-corrected chi connectivity index (χ3v) is 11.2. The van der Waals surface area contributed by atoms with Crippen LogP contribution < -0.4 is 4.90 Å². The molecule has 2 heteroatoms. The van der Waals surface area contributed by atoms with Crippen LogP contribution in [0.1, 0.15) is 0 Å². The number of rotatable bonds is 5. The Morgan fingerprint density at radius 3 is 1.84 bits per heavy atom. The Bertz CT molecular complexity index is 2870. The molecular weight excluding hydrogens is 623 g/mol. The second-order valence-corrected chi connectivity index (χ2v) is 14.0. The second-order valence-electron chi connectivity index (χ2n) is 12.9. The van der Waals surface area contributed by atoms with E-state index in [1.54, 1.807) is 0 Å². The number of fused-ring (bicyclic) bond motifs is 8. The predicted molar refractivity (Wildman–Crippen MR) is 217 cm³/mol. The lowest BCUT2D eigenvalue weighted by Gasteiger charge is -2.27. The topological polar surface area (TPSA) is 3.24 Å². The quantitative estimate of drug-likeness (QED) is 0.167. The number of benzene rings is 9. The average Bonchev–Trinajstić information content (AvgIpc) is 3.58. The van der Waals surface area contributed by atoms with Gasteiger partial charge in [0.2, 0.25) is 0 Å². The van der Waals surface area contributed by atoms with Crippen LogP contribution in [0.25, 0.3) is 74.7 Å². The maximum atomic E-state index is 2.40. The zero-order valence-electron chi connectivity index (χ0n) is 27.3. The summed E-state index contributed by atoms with van der Waals surface area (Å²) in [6.45, 7) is 0. The van der Waals surface area contributed by atoms with Crippen LogP contribution in [0.15, 0.2) is 188 Å². The van der Waals surface area contributed by atoms with Crippen molar-refractivity contribution in [1.29, 1.82) is 0 Å². The molecule has 0 bridgehead atoms. The van der Waals surface area contributed by atoms with Crippen molar-refractivity contribution >= 4 is 80.9 Å². The van der Waals surface area contributed by atoms with Crippen molar-refractivity contribution in [3.63, 3.8) is 0 Å². The highest BCUT2D eigenvalue weighted by atomic mass is 32.1. The third-order valence-electron chi connectivity index (χ3n) is 10.0. The van der Waals surface area contributed by atoms with Crippen molar-refractivity contribution < 1.29 is 0 Å². The Morgan fingerprint density at radius 2 is 0.980 bits per heavy atom. The molecule has 234 valence electrons. The minimum Gasteiger partial charge on any atom is -0.310 e. The summed E-state index contributed by atoms with van der Waals surface area (Å²) in [5.74, 6) is 0. The summed E-state index contributed by atoms with van der Waals surface area (Å²) in [5, 5.41) is 10.3. The van der Waals surface area contributed by atoms with Gasteiger partial charge in [0.15, 0.2) is 0 Å². The van der Waals surface area contributed by atoms with Gasteiger partial charge in [0.05, 0.1) is 0 Å². The number of thiophene rings is 1. The maximum absolute atomic E-state index is 2.40. The van der Waals surface area contributed by atoms with Crippen LogP contribution in [-0.4, -0.2) is 0 Å². The molecular formula is C48H31NS. The molecule has 0 aliphatic rings. The monoisotopic (exact) mass is 653 g/mol. The zero-order valence-corrected chi connectivity index (χ0v) is 28.1. The van der Waals surface area contributed by atoms with Gasteiger partial charge in [-0.3, -0.25) is 0 Å². The highest BCUT2D eigenvalue weighted by Crippen LogP contribution is 2.43. The molecule has 0 aliphatic heterocycles. The van der Waals surface area contributed by atoms with Crippen molar-refractivity contribution in [3.05, 3.63) is 188 Å². The molecule has 10 aromatic rings. The predicted octanol–water partition coefficient (Wildman–Crippen LogP) is 14.3. The zero-order chi connectivity index (χ0) is 33.0. The molecule has 1 heterocycles.